The monoisotopic (exact) mass is 245 g/mol. The van der Waals surface area contributed by atoms with Crippen LogP contribution in [0, 0.1) is 0 Å². The highest BCUT2D eigenvalue weighted by molar-refractivity contribution is 5.37. The fourth-order valence-electron chi connectivity index (χ4n) is 2.42. The number of hydrogen-bond acceptors (Lipinski definition) is 4. The van der Waals surface area contributed by atoms with Gasteiger partial charge in [-0.2, -0.15) is 15.4 Å². The third-order valence-electron chi connectivity index (χ3n) is 3.37. The predicted molar refractivity (Wildman–Crippen MR) is 65.3 cm³/mol. The fraction of sp³-hybridized carbons (Fsp3) is 0.385. The van der Waals surface area contributed by atoms with Gasteiger partial charge in [-0.25, -0.2) is 0 Å². The van der Waals surface area contributed by atoms with E-state index >= 15 is 0 Å². The minimum Gasteiger partial charge on any atom is -0.493 e. The van der Waals surface area contributed by atoms with Crippen LogP contribution in [0.15, 0.2) is 30.5 Å². The summed E-state index contributed by atoms with van der Waals surface area (Å²) in [4.78, 5) is 0. The number of rotatable bonds is 3. The highest BCUT2D eigenvalue weighted by Crippen LogP contribution is 2.38. The van der Waals surface area contributed by atoms with E-state index in [4.69, 9.17) is 4.74 Å². The van der Waals surface area contributed by atoms with Crippen molar-refractivity contribution >= 4 is 0 Å². The second-order valence-corrected chi connectivity index (χ2v) is 4.52. The first-order chi connectivity index (χ1) is 8.84. The summed E-state index contributed by atoms with van der Waals surface area (Å²) in [5.41, 5.74) is 1.77. The van der Waals surface area contributed by atoms with Crippen molar-refractivity contribution in [3.8, 4) is 5.75 Å². The molecule has 0 bridgehead atoms. The Morgan fingerprint density at radius 3 is 3.17 bits per heavy atom. The third-order valence-corrected chi connectivity index (χ3v) is 3.37. The van der Waals surface area contributed by atoms with Gasteiger partial charge in [0.05, 0.1) is 12.8 Å². The maximum atomic E-state index is 10.1. The standard InChI is InChI=1S/C13H15N3O2/c17-12(11-8-14-16-15-11)7-9-5-6-18-13-4-2-1-3-10(9)13/h1-4,8-9,12,17H,5-7H2,(H,14,15,16). The molecular formula is C13H15N3O2. The molecule has 0 saturated heterocycles. The molecule has 2 atom stereocenters. The Kier molecular flexibility index (Phi) is 2.98. The summed E-state index contributed by atoms with van der Waals surface area (Å²) in [6.45, 7) is 0.702. The molecule has 1 aliphatic rings. The normalized spacial score (nSPS) is 19.9. The molecule has 3 rings (SSSR count). The Hall–Kier alpha value is -1.88. The topological polar surface area (TPSA) is 71.0 Å². The van der Waals surface area contributed by atoms with E-state index in [0.29, 0.717) is 24.6 Å². The molecule has 0 radical (unpaired) electrons. The van der Waals surface area contributed by atoms with E-state index in [0.717, 1.165) is 12.2 Å². The summed E-state index contributed by atoms with van der Waals surface area (Å²) in [5.74, 6) is 1.24. The van der Waals surface area contributed by atoms with Gasteiger partial charge in [0.25, 0.3) is 0 Å². The summed E-state index contributed by atoms with van der Waals surface area (Å²) in [7, 11) is 0. The van der Waals surface area contributed by atoms with Crippen molar-refractivity contribution in [3.63, 3.8) is 0 Å². The number of benzene rings is 1. The number of aromatic nitrogens is 3. The van der Waals surface area contributed by atoms with Gasteiger partial charge < -0.3 is 9.84 Å². The molecule has 1 aromatic carbocycles. The zero-order chi connectivity index (χ0) is 12.4. The SMILES string of the molecule is OC(CC1CCOc2ccccc21)c1cn[nH]n1. The maximum Gasteiger partial charge on any atom is 0.122 e. The lowest BCUT2D eigenvalue weighted by Gasteiger charge is -2.26. The van der Waals surface area contributed by atoms with Crippen LogP contribution in [0.1, 0.15) is 36.1 Å². The molecule has 0 aliphatic carbocycles. The Bertz CT molecular complexity index is 513. The molecule has 0 fully saturated rings. The summed E-state index contributed by atoms with van der Waals surface area (Å²) >= 11 is 0. The van der Waals surface area contributed by atoms with Crippen molar-refractivity contribution in [2.45, 2.75) is 24.9 Å². The summed E-state index contributed by atoms with van der Waals surface area (Å²) in [5, 5.41) is 20.3. The van der Waals surface area contributed by atoms with Gasteiger partial charge in [0.15, 0.2) is 0 Å². The van der Waals surface area contributed by atoms with Crippen LogP contribution in [-0.2, 0) is 0 Å². The second kappa shape index (κ2) is 4.78. The number of H-pyrrole nitrogens is 1. The van der Waals surface area contributed by atoms with E-state index in [-0.39, 0.29) is 0 Å². The lowest BCUT2D eigenvalue weighted by Crippen LogP contribution is -2.16. The molecule has 5 nitrogen and oxygen atoms in total. The number of nitrogens with one attached hydrogen (secondary N) is 1. The zero-order valence-electron chi connectivity index (χ0n) is 9.91. The van der Waals surface area contributed by atoms with Gasteiger partial charge in [-0.1, -0.05) is 18.2 Å². The molecular weight excluding hydrogens is 230 g/mol. The number of para-hydroxylation sites is 1. The molecule has 2 heterocycles. The smallest absolute Gasteiger partial charge is 0.122 e. The molecule has 18 heavy (non-hydrogen) atoms. The first-order valence-electron chi connectivity index (χ1n) is 6.10. The first kappa shape index (κ1) is 11.2. The third kappa shape index (κ3) is 2.09. The van der Waals surface area contributed by atoms with Gasteiger partial charge in [0.2, 0.25) is 0 Å². The number of aromatic amines is 1. The molecule has 0 saturated carbocycles. The molecule has 5 heteroatoms. The lowest BCUT2D eigenvalue weighted by molar-refractivity contribution is 0.141. The van der Waals surface area contributed by atoms with E-state index < -0.39 is 6.10 Å². The molecule has 94 valence electrons. The average molecular weight is 245 g/mol. The minimum atomic E-state index is -0.583. The number of aliphatic hydroxyl groups excluding tert-OH is 1. The van der Waals surface area contributed by atoms with Crippen LogP contribution in [-0.4, -0.2) is 27.1 Å². The molecule has 2 N–H and O–H groups in total. The maximum absolute atomic E-state index is 10.1. The van der Waals surface area contributed by atoms with Crippen LogP contribution < -0.4 is 4.74 Å². The van der Waals surface area contributed by atoms with Crippen molar-refractivity contribution in [3.05, 3.63) is 41.7 Å². The van der Waals surface area contributed by atoms with Gasteiger partial charge in [-0.05, 0) is 30.4 Å². The summed E-state index contributed by atoms with van der Waals surface area (Å²) < 4.78 is 5.61. The Balaban J connectivity index is 1.78. The Labute approximate surface area is 105 Å². The predicted octanol–water partition coefficient (Wildman–Crippen LogP) is 1.79. The number of nitrogens with zero attached hydrogens (tertiary/aromatic N) is 2. The number of fused-ring (bicyclic) bond motifs is 1. The molecule has 1 aromatic heterocycles. The van der Waals surface area contributed by atoms with Crippen LogP contribution >= 0.6 is 0 Å². The lowest BCUT2D eigenvalue weighted by atomic mass is 9.88. The van der Waals surface area contributed by atoms with Crippen LogP contribution in [0.2, 0.25) is 0 Å². The van der Waals surface area contributed by atoms with E-state index in [1.165, 1.54) is 5.56 Å². The van der Waals surface area contributed by atoms with Gasteiger partial charge in [-0.15, -0.1) is 0 Å². The van der Waals surface area contributed by atoms with Crippen molar-refractivity contribution in [1.29, 1.82) is 0 Å². The van der Waals surface area contributed by atoms with Gasteiger partial charge in [0, 0.05) is 0 Å². The van der Waals surface area contributed by atoms with Gasteiger partial charge in [-0.3, -0.25) is 0 Å². The Morgan fingerprint density at radius 1 is 1.44 bits per heavy atom. The van der Waals surface area contributed by atoms with Crippen LogP contribution in [0.4, 0.5) is 0 Å². The zero-order valence-corrected chi connectivity index (χ0v) is 9.91. The van der Waals surface area contributed by atoms with Gasteiger partial charge in [0.1, 0.15) is 17.5 Å². The van der Waals surface area contributed by atoms with Crippen molar-refractivity contribution in [2.24, 2.45) is 0 Å². The van der Waals surface area contributed by atoms with Crippen LogP contribution in [0.25, 0.3) is 0 Å². The second-order valence-electron chi connectivity index (χ2n) is 4.52. The average Bonchev–Trinajstić information content (AvgIpc) is 2.93. The van der Waals surface area contributed by atoms with Crippen LogP contribution in [0.3, 0.4) is 0 Å². The van der Waals surface area contributed by atoms with E-state index in [1.807, 2.05) is 18.2 Å². The largest absolute Gasteiger partial charge is 0.493 e. The molecule has 0 spiro atoms. The van der Waals surface area contributed by atoms with Crippen molar-refractivity contribution in [2.75, 3.05) is 6.61 Å². The molecule has 0 amide bonds. The number of hydrogen-bond donors (Lipinski definition) is 2. The summed E-state index contributed by atoms with van der Waals surface area (Å²) in [6, 6.07) is 8.01. The van der Waals surface area contributed by atoms with Crippen molar-refractivity contribution in [1.82, 2.24) is 15.4 Å². The highest BCUT2D eigenvalue weighted by atomic mass is 16.5. The summed E-state index contributed by atoms with van der Waals surface area (Å²) in [6.07, 6.45) is 2.55. The quantitative estimate of drug-likeness (QED) is 0.865. The molecule has 2 unspecified atom stereocenters. The first-order valence-corrected chi connectivity index (χ1v) is 6.10. The molecule has 2 aromatic rings. The molecule has 1 aliphatic heterocycles. The van der Waals surface area contributed by atoms with E-state index in [9.17, 15) is 5.11 Å². The highest BCUT2D eigenvalue weighted by Gasteiger charge is 2.24. The number of aliphatic hydroxyl groups is 1. The van der Waals surface area contributed by atoms with E-state index in [2.05, 4.69) is 21.5 Å². The minimum absolute atomic E-state index is 0.307. The fourth-order valence-corrected chi connectivity index (χ4v) is 2.42. The van der Waals surface area contributed by atoms with E-state index in [1.54, 1.807) is 6.20 Å². The van der Waals surface area contributed by atoms with Crippen molar-refractivity contribution < 1.29 is 9.84 Å². The van der Waals surface area contributed by atoms with Crippen LogP contribution in [0.5, 0.6) is 5.75 Å². The number of ether oxygens (including phenoxy) is 1. The Morgan fingerprint density at radius 2 is 2.33 bits per heavy atom. The van der Waals surface area contributed by atoms with Gasteiger partial charge >= 0.3 is 0 Å².